The number of nitrogens with one attached hydrogen (secondary N) is 1. The van der Waals surface area contributed by atoms with Crippen molar-refractivity contribution in [3.8, 4) is 5.75 Å². The molecule has 7 nitrogen and oxygen atoms in total. The third-order valence-electron chi connectivity index (χ3n) is 4.72. The predicted octanol–water partition coefficient (Wildman–Crippen LogP) is 4.66. The van der Waals surface area contributed by atoms with Gasteiger partial charge in [-0.2, -0.15) is 0 Å². The number of thioether (sulfide) groups is 1. The number of rotatable bonds is 8. The van der Waals surface area contributed by atoms with Crippen LogP contribution in [0.3, 0.4) is 0 Å². The number of carboxylic acid groups (broad SMARTS) is 1. The van der Waals surface area contributed by atoms with E-state index in [0.717, 1.165) is 11.1 Å². The van der Waals surface area contributed by atoms with Gasteiger partial charge in [-0.3, -0.25) is 14.5 Å². The Labute approximate surface area is 200 Å². The molecule has 0 radical (unpaired) electrons. The number of nitrogens with zero attached hydrogens (tertiary/aromatic N) is 1. The smallest absolute Gasteiger partial charge is 0.339 e. The van der Waals surface area contributed by atoms with Crippen LogP contribution in [-0.2, 0) is 9.59 Å². The summed E-state index contributed by atoms with van der Waals surface area (Å²) in [6.07, 6.45) is 4.32. The summed E-state index contributed by atoms with van der Waals surface area (Å²) in [6.45, 7) is 2.23. The Hall–Kier alpha value is -3.43. The largest absolute Gasteiger partial charge is 0.507 e. The van der Waals surface area contributed by atoms with Gasteiger partial charge in [-0.1, -0.05) is 60.4 Å². The summed E-state index contributed by atoms with van der Waals surface area (Å²) < 4.78 is 0.452. The first-order valence-electron chi connectivity index (χ1n) is 10.1. The van der Waals surface area contributed by atoms with Crippen LogP contribution in [0.5, 0.6) is 5.75 Å². The predicted molar refractivity (Wildman–Crippen MR) is 133 cm³/mol. The van der Waals surface area contributed by atoms with Gasteiger partial charge < -0.3 is 15.5 Å². The van der Waals surface area contributed by atoms with Crippen LogP contribution < -0.4 is 5.32 Å². The molecule has 2 aromatic carbocycles. The fraction of sp³-hybridized carbons (Fsp3) is 0.167. The normalized spacial score (nSPS) is 15.2. The molecule has 0 atom stereocenters. The number of aromatic hydroxyl groups is 1. The van der Waals surface area contributed by atoms with Crippen molar-refractivity contribution in [1.82, 2.24) is 4.90 Å². The van der Waals surface area contributed by atoms with Gasteiger partial charge in [0.2, 0.25) is 5.91 Å². The standard InChI is InChI=1S/C24H22N2O5S2/c1-15(12-16-6-3-2-4-7-16)13-20-22(29)26(24(32)33-20)11-5-8-21(28)25-17-9-10-18(23(30)31)19(27)14-17/h2-4,6-7,9-10,12-14,27H,5,8,11H2,1H3,(H,25,28)(H,30,31)/b15-12+,20-13+. The molecule has 3 N–H and O–H groups in total. The van der Waals surface area contributed by atoms with Gasteiger partial charge in [-0.25, -0.2) is 4.79 Å². The highest BCUT2D eigenvalue weighted by atomic mass is 32.2. The summed E-state index contributed by atoms with van der Waals surface area (Å²) in [4.78, 5) is 37.9. The zero-order valence-corrected chi connectivity index (χ0v) is 19.4. The average molecular weight is 483 g/mol. The minimum atomic E-state index is -1.26. The number of carbonyl (C=O) groups excluding carboxylic acids is 2. The van der Waals surface area contributed by atoms with Crippen molar-refractivity contribution in [2.75, 3.05) is 11.9 Å². The summed E-state index contributed by atoms with van der Waals surface area (Å²) in [6, 6.07) is 13.6. The van der Waals surface area contributed by atoms with Crippen molar-refractivity contribution in [3.05, 3.63) is 76.2 Å². The van der Waals surface area contributed by atoms with E-state index in [9.17, 15) is 19.5 Å². The number of carbonyl (C=O) groups is 3. The number of amides is 2. The summed E-state index contributed by atoms with van der Waals surface area (Å²) in [5.74, 6) is -2.18. The van der Waals surface area contributed by atoms with Crippen molar-refractivity contribution in [1.29, 1.82) is 0 Å². The van der Waals surface area contributed by atoms with Crippen LogP contribution in [0, 0.1) is 0 Å². The van der Waals surface area contributed by atoms with E-state index in [2.05, 4.69) is 5.32 Å². The zero-order valence-electron chi connectivity index (χ0n) is 17.8. The topological polar surface area (TPSA) is 107 Å². The van der Waals surface area contributed by atoms with Gasteiger partial charge in [0, 0.05) is 24.7 Å². The molecule has 0 spiro atoms. The molecule has 1 heterocycles. The SMILES string of the molecule is CC(=C\c1ccccc1)/C=C1/SC(=S)N(CCCC(=O)Nc2ccc(C(=O)O)c(O)c2)C1=O. The number of allylic oxidation sites excluding steroid dienone is 2. The maximum atomic E-state index is 12.7. The molecule has 1 aliphatic heterocycles. The average Bonchev–Trinajstić information content (AvgIpc) is 3.01. The lowest BCUT2D eigenvalue weighted by molar-refractivity contribution is -0.122. The second kappa shape index (κ2) is 10.9. The lowest BCUT2D eigenvalue weighted by Crippen LogP contribution is -2.29. The van der Waals surface area contributed by atoms with Gasteiger partial charge >= 0.3 is 5.97 Å². The molecule has 1 fully saturated rings. The van der Waals surface area contributed by atoms with Crippen LogP contribution in [-0.4, -0.2) is 43.8 Å². The van der Waals surface area contributed by atoms with Gasteiger partial charge in [0.05, 0.1) is 4.91 Å². The number of carboxylic acids is 1. The Morgan fingerprint density at radius 3 is 2.58 bits per heavy atom. The molecule has 0 aliphatic carbocycles. The molecule has 33 heavy (non-hydrogen) atoms. The highest BCUT2D eigenvalue weighted by Gasteiger charge is 2.31. The highest BCUT2D eigenvalue weighted by molar-refractivity contribution is 8.26. The minimum Gasteiger partial charge on any atom is -0.507 e. The maximum Gasteiger partial charge on any atom is 0.339 e. The lowest BCUT2D eigenvalue weighted by Gasteiger charge is -2.14. The molecule has 2 amide bonds. The Balaban J connectivity index is 1.53. The number of benzene rings is 2. The fourth-order valence-corrected chi connectivity index (χ4v) is 4.52. The van der Waals surface area contributed by atoms with Gasteiger partial charge in [0.1, 0.15) is 15.6 Å². The van der Waals surface area contributed by atoms with E-state index < -0.39 is 11.7 Å². The van der Waals surface area contributed by atoms with Crippen molar-refractivity contribution in [2.24, 2.45) is 0 Å². The number of aromatic carboxylic acids is 1. The molecule has 1 aliphatic rings. The van der Waals surface area contributed by atoms with Crippen molar-refractivity contribution >= 4 is 57.8 Å². The number of thiocarbonyl (C=S) groups is 1. The summed E-state index contributed by atoms with van der Waals surface area (Å²) >= 11 is 6.58. The molecule has 0 saturated carbocycles. The van der Waals surface area contributed by atoms with Crippen molar-refractivity contribution in [3.63, 3.8) is 0 Å². The van der Waals surface area contributed by atoms with Crippen molar-refractivity contribution in [2.45, 2.75) is 19.8 Å². The second-order valence-electron chi connectivity index (χ2n) is 7.32. The maximum absolute atomic E-state index is 12.7. The quantitative estimate of drug-likeness (QED) is 0.371. The Kier molecular flexibility index (Phi) is 8.02. The summed E-state index contributed by atoms with van der Waals surface area (Å²) in [5.41, 5.74) is 2.01. The minimum absolute atomic E-state index is 0.129. The Bertz CT molecular complexity index is 1160. The third-order valence-corrected chi connectivity index (χ3v) is 6.10. The van der Waals surface area contributed by atoms with Crippen LogP contribution in [0.25, 0.3) is 6.08 Å². The van der Waals surface area contributed by atoms with E-state index in [4.69, 9.17) is 17.3 Å². The lowest BCUT2D eigenvalue weighted by atomic mass is 10.1. The molecular formula is C24H22N2O5S2. The number of hydrogen-bond donors (Lipinski definition) is 3. The first-order chi connectivity index (χ1) is 15.7. The summed E-state index contributed by atoms with van der Waals surface area (Å²) in [7, 11) is 0. The molecule has 1 saturated heterocycles. The van der Waals surface area contributed by atoms with E-state index in [1.807, 2.05) is 49.4 Å². The molecule has 0 bridgehead atoms. The second-order valence-corrected chi connectivity index (χ2v) is 9.00. The van der Waals surface area contributed by atoms with E-state index in [1.54, 1.807) is 0 Å². The van der Waals surface area contributed by atoms with Crippen LogP contribution in [0.1, 0.15) is 35.7 Å². The molecule has 0 aromatic heterocycles. The first kappa shape index (κ1) is 24.2. The van der Waals surface area contributed by atoms with Crippen LogP contribution in [0.4, 0.5) is 5.69 Å². The number of phenols is 1. The molecule has 3 rings (SSSR count). The van der Waals surface area contributed by atoms with Gasteiger partial charge in [-0.05, 0) is 42.7 Å². The third kappa shape index (κ3) is 6.53. The Morgan fingerprint density at radius 2 is 1.91 bits per heavy atom. The highest BCUT2D eigenvalue weighted by Crippen LogP contribution is 2.32. The zero-order chi connectivity index (χ0) is 24.0. The van der Waals surface area contributed by atoms with Crippen LogP contribution >= 0.6 is 24.0 Å². The molecular weight excluding hydrogens is 460 g/mol. The fourth-order valence-electron chi connectivity index (χ4n) is 3.16. The molecule has 9 heteroatoms. The van der Waals surface area contributed by atoms with Gasteiger partial charge in [0.25, 0.3) is 5.91 Å². The van der Waals surface area contributed by atoms with E-state index in [-0.39, 0.29) is 29.5 Å². The number of hydrogen-bond acceptors (Lipinski definition) is 6. The van der Waals surface area contributed by atoms with E-state index in [0.29, 0.717) is 22.2 Å². The van der Waals surface area contributed by atoms with Crippen LogP contribution in [0.15, 0.2) is 65.1 Å². The van der Waals surface area contributed by atoms with E-state index >= 15 is 0 Å². The monoisotopic (exact) mass is 482 g/mol. The summed E-state index contributed by atoms with van der Waals surface area (Å²) in [5, 5.41) is 21.3. The van der Waals surface area contributed by atoms with Crippen molar-refractivity contribution < 1.29 is 24.6 Å². The first-order valence-corrected chi connectivity index (χ1v) is 11.3. The van der Waals surface area contributed by atoms with E-state index in [1.165, 1.54) is 34.9 Å². The molecule has 2 aromatic rings. The molecule has 0 unspecified atom stereocenters. The van der Waals surface area contributed by atoms with Gasteiger partial charge in [-0.15, -0.1) is 0 Å². The van der Waals surface area contributed by atoms with Crippen LogP contribution in [0.2, 0.25) is 0 Å². The molecule has 170 valence electrons. The number of anilines is 1. The Morgan fingerprint density at radius 1 is 1.18 bits per heavy atom. The van der Waals surface area contributed by atoms with Gasteiger partial charge in [0.15, 0.2) is 0 Å².